The van der Waals surface area contributed by atoms with Crippen LogP contribution in [0.4, 0.5) is 4.79 Å². The van der Waals surface area contributed by atoms with Crippen LogP contribution in [-0.4, -0.2) is 61.0 Å². The SMILES string of the molecule is Cc1nnc(SCC2=C(C(=O)O)N3C(=O)C(NC(=O)NCc4ccccc4)[C@H]3SC2)o1. The third kappa shape index (κ3) is 4.54. The Bertz CT molecular complexity index is 1040. The lowest BCUT2D eigenvalue weighted by Gasteiger charge is -2.49. The Hall–Kier alpha value is -2.99. The highest BCUT2D eigenvalue weighted by Gasteiger charge is 2.54. The molecule has 1 saturated heterocycles. The maximum atomic E-state index is 12.7. The van der Waals surface area contributed by atoms with E-state index in [1.165, 1.54) is 28.4 Å². The smallest absolute Gasteiger partial charge is 0.352 e. The molecule has 2 aliphatic rings. The zero-order chi connectivity index (χ0) is 22.0. The Morgan fingerprint density at radius 2 is 2.10 bits per heavy atom. The summed E-state index contributed by atoms with van der Waals surface area (Å²) in [7, 11) is 0. The predicted octanol–water partition coefficient (Wildman–Crippen LogP) is 1.59. The molecule has 3 N–H and O–H groups in total. The van der Waals surface area contributed by atoms with Crippen molar-refractivity contribution in [3.8, 4) is 0 Å². The number of aromatic nitrogens is 2. The second-order valence-corrected chi connectivity index (χ2v) is 8.86. The zero-order valence-corrected chi connectivity index (χ0v) is 18.0. The lowest BCUT2D eigenvalue weighted by Crippen LogP contribution is -2.71. The van der Waals surface area contributed by atoms with Gasteiger partial charge in [-0.15, -0.1) is 22.0 Å². The van der Waals surface area contributed by atoms with Gasteiger partial charge in [0.05, 0.1) is 0 Å². The van der Waals surface area contributed by atoms with E-state index in [2.05, 4.69) is 20.8 Å². The average molecular weight is 462 g/mol. The summed E-state index contributed by atoms with van der Waals surface area (Å²) in [5, 5.41) is 22.6. The van der Waals surface area contributed by atoms with E-state index in [4.69, 9.17) is 4.42 Å². The molecule has 1 fully saturated rings. The molecule has 3 heterocycles. The molecule has 31 heavy (non-hydrogen) atoms. The Morgan fingerprint density at radius 1 is 1.32 bits per heavy atom. The molecule has 2 atom stereocenters. The number of rotatable bonds is 7. The average Bonchev–Trinajstić information content (AvgIpc) is 3.19. The van der Waals surface area contributed by atoms with Gasteiger partial charge in [0.15, 0.2) is 0 Å². The summed E-state index contributed by atoms with van der Waals surface area (Å²) in [5.41, 5.74) is 1.48. The lowest BCUT2D eigenvalue weighted by atomic mass is 10.0. The summed E-state index contributed by atoms with van der Waals surface area (Å²) < 4.78 is 5.30. The summed E-state index contributed by atoms with van der Waals surface area (Å²) in [6, 6.07) is 8.14. The maximum absolute atomic E-state index is 12.7. The molecular formula is C19H19N5O5S2. The minimum absolute atomic E-state index is 0.0415. The van der Waals surface area contributed by atoms with E-state index in [0.717, 1.165) is 5.56 Å². The van der Waals surface area contributed by atoms with Crippen LogP contribution >= 0.6 is 23.5 Å². The van der Waals surface area contributed by atoms with E-state index in [9.17, 15) is 19.5 Å². The Kier molecular flexibility index (Phi) is 6.18. The second-order valence-electron chi connectivity index (χ2n) is 6.83. The molecule has 0 saturated carbocycles. The van der Waals surface area contributed by atoms with Crippen LogP contribution in [-0.2, 0) is 16.1 Å². The molecule has 2 aromatic rings. The fourth-order valence-corrected chi connectivity index (χ4v) is 5.54. The number of fused-ring (bicyclic) bond motifs is 1. The second kappa shape index (κ2) is 9.02. The predicted molar refractivity (Wildman–Crippen MR) is 113 cm³/mol. The molecule has 0 aliphatic carbocycles. The summed E-state index contributed by atoms with van der Waals surface area (Å²) >= 11 is 2.63. The first-order valence-electron chi connectivity index (χ1n) is 9.35. The van der Waals surface area contributed by atoms with E-state index in [1.807, 2.05) is 30.3 Å². The van der Waals surface area contributed by atoms with Crippen LogP contribution < -0.4 is 10.6 Å². The number of carboxylic acids is 1. The number of hydrogen-bond donors (Lipinski definition) is 3. The molecule has 2 aliphatic heterocycles. The first-order valence-corrected chi connectivity index (χ1v) is 11.4. The van der Waals surface area contributed by atoms with Crippen molar-refractivity contribution in [1.82, 2.24) is 25.7 Å². The highest BCUT2D eigenvalue weighted by Crippen LogP contribution is 2.41. The normalized spacial score (nSPS) is 20.2. The molecule has 4 rings (SSSR count). The number of urea groups is 1. The molecule has 12 heteroatoms. The van der Waals surface area contributed by atoms with E-state index in [0.29, 0.717) is 34.7 Å². The van der Waals surface area contributed by atoms with Crippen molar-refractivity contribution in [2.75, 3.05) is 11.5 Å². The number of carboxylic acid groups (broad SMARTS) is 1. The number of benzene rings is 1. The van der Waals surface area contributed by atoms with Crippen LogP contribution in [0.1, 0.15) is 11.5 Å². The third-order valence-electron chi connectivity index (χ3n) is 4.71. The summed E-state index contributed by atoms with van der Waals surface area (Å²) in [4.78, 5) is 38.0. The van der Waals surface area contributed by atoms with Gasteiger partial charge >= 0.3 is 12.0 Å². The van der Waals surface area contributed by atoms with Crippen molar-refractivity contribution in [3.05, 3.63) is 53.1 Å². The molecule has 1 aromatic heterocycles. The molecular weight excluding hydrogens is 442 g/mol. The fourth-order valence-electron chi connectivity index (χ4n) is 3.25. The van der Waals surface area contributed by atoms with Crippen molar-refractivity contribution >= 4 is 41.4 Å². The molecule has 1 aromatic carbocycles. The molecule has 3 amide bonds. The summed E-state index contributed by atoms with van der Waals surface area (Å²) in [6.45, 7) is 1.99. The van der Waals surface area contributed by atoms with Gasteiger partial charge in [-0.3, -0.25) is 9.69 Å². The fraction of sp³-hybridized carbons (Fsp3) is 0.316. The van der Waals surface area contributed by atoms with Crippen LogP contribution in [0.25, 0.3) is 0 Å². The van der Waals surface area contributed by atoms with Crippen molar-refractivity contribution in [1.29, 1.82) is 0 Å². The highest BCUT2D eigenvalue weighted by molar-refractivity contribution is 8.01. The highest BCUT2D eigenvalue weighted by atomic mass is 32.2. The van der Waals surface area contributed by atoms with Crippen molar-refractivity contribution in [2.24, 2.45) is 0 Å². The Morgan fingerprint density at radius 3 is 2.77 bits per heavy atom. The minimum Gasteiger partial charge on any atom is -0.477 e. The number of aryl methyl sites for hydroxylation is 1. The van der Waals surface area contributed by atoms with E-state index in [-0.39, 0.29) is 5.70 Å². The van der Waals surface area contributed by atoms with E-state index >= 15 is 0 Å². The topological polar surface area (TPSA) is 138 Å². The van der Waals surface area contributed by atoms with Crippen molar-refractivity contribution < 1.29 is 23.9 Å². The lowest BCUT2D eigenvalue weighted by molar-refractivity contribution is -0.148. The van der Waals surface area contributed by atoms with E-state index in [1.54, 1.807) is 6.92 Å². The quantitative estimate of drug-likeness (QED) is 0.414. The van der Waals surface area contributed by atoms with Gasteiger partial charge in [0, 0.05) is 25.0 Å². The molecule has 162 valence electrons. The number of nitrogens with zero attached hydrogens (tertiary/aromatic N) is 3. The first-order chi connectivity index (χ1) is 14.9. The number of aliphatic carboxylic acids is 1. The van der Waals surface area contributed by atoms with Crippen LogP contribution in [0.2, 0.25) is 0 Å². The van der Waals surface area contributed by atoms with Gasteiger partial charge in [-0.25, -0.2) is 9.59 Å². The zero-order valence-electron chi connectivity index (χ0n) is 16.4. The van der Waals surface area contributed by atoms with Crippen molar-refractivity contribution in [2.45, 2.75) is 30.1 Å². The van der Waals surface area contributed by atoms with Crippen LogP contribution in [0.5, 0.6) is 0 Å². The van der Waals surface area contributed by atoms with Gasteiger partial charge in [0.2, 0.25) is 5.89 Å². The molecule has 0 bridgehead atoms. The third-order valence-corrected chi connectivity index (χ3v) is 6.95. The van der Waals surface area contributed by atoms with Crippen LogP contribution in [0.3, 0.4) is 0 Å². The Labute approximate surface area is 185 Å². The number of carbonyl (C=O) groups is 3. The van der Waals surface area contributed by atoms with Gasteiger partial charge in [0.1, 0.15) is 17.1 Å². The summed E-state index contributed by atoms with van der Waals surface area (Å²) in [6.07, 6.45) is 0. The van der Waals surface area contributed by atoms with Gasteiger partial charge in [-0.1, -0.05) is 42.1 Å². The Balaban J connectivity index is 1.38. The number of nitrogens with one attached hydrogen (secondary N) is 2. The number of thioether (sulfide) groups is 2. The van der Waals surface area contributed by atoms with Gasteiger partial charge < -0.3 is 20.2 Å². The van der Waals surface area contributed by atoms with Crippen LogP contribution in [0.15, 0.2) is 51.2 Å². The molecule has 0 radical (unpaired) electrons. The van der Waals surface area contributed by atoms with E-state index < -0.39 is 29.3 Å². The van der Waals surface area contributed by atoms with Crippen LogP contribution in [0, 0.1) is 6.92 Å². The molecule has 10 nitrogen and oxygen atoms in total. The van der Waals surface area contributed by atoms with Gasteiger partial charge in [-0.2, -0.15) is 0 Å². The minimum atomic E-state index is -1.18. The molecule has 1 unspecified atom stereocenters. The standard InChI is InChI=1S/C19H19N5O5S2/c1-10-22-23-19(29-10)31-9-12-8-30-16-13(15(25)24(16)14(12)17(26)27)21-18(28)20-7-11-5-3-2-4-6-11/h2-6,13,16H,7-9H2,1H3,(H,26,27)(H2,20,21,28)/t13?,16-/m1/s1. The number of β-lactam (4-membered cyclic amide) rings is 1. The van der Waals surface area contributed by atoms with Gasteiger partial charge in [0.25, 0.3) is 11.1 Å². The van der Waals surface area contributed by atoms with Crippen molar-refractivity contribution in [3.63, 3.8) is 0 Å². The largest absolute Gasteiger partial charge is 0.477 e. The first kappa shape index (κ1) is 21.2. The van der Waals surface area contributed by atoms with Gasteiger partial charge in [-0.05, 0) is 11.1 Å². The molecule has 0 spiro atoms. The maximum Gasteiger partial charge on any atom is 0.352 e. The monoisotopic (exact) mass is 461 g/mol. The number of hydrogen-bond acceptors (Lipinski definition) is 8. The number of carbonyl (C=O) groups excluding carboxylic acids is 2. The number of amides is 3. The summed E-state index contributed by atoms with van der Waals surface area (Å²) in [5.74, 6) is -0.475.